The van der Waals surface area contributed by atoms with Crippen LogP contribution in [0.2, 0.25) is 0 Å². The summed E-state index contributed by atoms with van der Waals surface area (Å²) in [6, 6.07) is 3.39. The minimum absolute atomic E-state index is 0.0934. The third-order valence-corrected chi connectivity index (χ3v) is 5.37. The zero-order valence-electron chi connectivity index (χ0n) is 14.5. The number of hydrogen-bond acceptors (Lipinski definition) is 4. The molecule has 2 saturated heterocycles. The van der Waals surface area contributed by atoms with E-state index in [1.54, 1.807) is 0 Å². The molecule has 0 bridgehead atoms. The summed E-state index contributed by atoms with van der Waals surface area (Å²) in [6.45, 7) is 1.85. The van der Waals surface area contributed by atoms with Gasteiger partial charge in [0, 0.05) is 6.04 Å². The molecule has 9 heteroatoms. The zero-order chi connectivity index (χ0) is 20.0. The van der Waals surface area contributed by atoms with Gasteiger partial charge >= 0.3 is 12.1 Å². The summed E-state index contributed by atoms with van der Waals surface area (Å²) in [6.07, 6.45) is -3.33. The summed E-state index contributed by atoms with van der Waals surface area (Å²) in [5, 5.41) is 14.9. The lowest BCUT2D eigenvalue weighted by Crippen LogP contribution is -2.55. The molecule has 1 aromatic carbocycles. The molecule has 6 nitrogen and oxygen atoms in total. The molecule has 2 fully saturated rings. The van der Waals surface area contributed by atoms with Crippen LogP contribution in [0, 0.1) is 11.8 Å². The number of rotatable bonds is 5. The molecular formula is C18H19F3N2O4. The number of carboxylic acids is 1. The molecule has 0 radical (unpaired) electrons. The van der Waals surface area contributed by atoms with Crippen molar-refractivity contribution in [2.75, 3.05) is 0 Å². The van der Waals surface area contributed by atoms with Crippen molar-refractivity contribution in [2.24, 2.45) is 11.8 Å². The molecule has 2 aliphatic rings. The monoisotopic (exact) mass is 384 g/mol. The summed E-state index contributed by atoms with van der Waals surface area (Å²) in [7, 11) is 0. The van der Waals surface area contributed by atoms with Gasteiger partial charge in [-0.1, -0.05) is 31.9 Å². The number of amides is 2. The van der Waals surface area contributed by atoms with Crippen molar-refractivity contribution in [3.05, 3.63) is 35.4 Å². The molecule has 0 aliphatic carbocycles. The lowest BCUT2D eigenvalue weighted by atomic mass is 9.76. The largest absolute Gasteiger partial charge is 0.480 e. The summed E-state index contributed by atoms with van der Waals surface area (Å²) >= 11 is 0. The number of alkyl halides is 3. The Labute approximate surface area is 153 Å². The first-order chi connectivity index (χ1) is 12.6. The Morgan fingerprint density at radius 1 is 1.26 bits per heavy atom. The third-order valence-electron chi connectivity index (χ3n) is 5.37. The number of nitrogens with one attached hydrogen (secondary N) is 2. The number of halogens is 3. The first-order valence-corrected chi connectivity index (χ1v) is 8.64. The van der Waals surface area contributed by atoms with Gasteiger partial charge < -0.3 is 5.11 Å². The van der Waals surface area contributed by atoms with Crippen LogP contribution in [-0.4, -0.2) is 28.4 Å². The van der Waals surface area contributed by atoms with E-state index in [-0.39, 0.29) is 12.0 Å². The van der Waals surface area contributed by atoms with Gasteiger partial charge in [-0.15, -0.1) is 0 Å². The molecule has 146 valence electrons. The Morgan fingerprint density at radius 2 is 1.96 bits per heavy atom. The van der Waals surface area contributed by atoms with Gasteiger partial charge in [-0.05, 0) is 24.1 Å². The number of carbonyl (C=O) groups excluding carboxylic acids is 2. The average Bonchev–Trinajstić information content (AvgIpc) is 3.10. The van der Waals surface area contributed by atoms with Gasteiger partial charge in [0.2, 0.25) is 11.8 Å². The maximum Gasteiger partial charge on any atom is 0.416 e. The number of carboxylic acid groups (broad SMARTS) is 1. The van der Waals surface area contributed by atoms with Gasteiger partial charge in [-0.25, -0.2) is 0 Å². The van der Waals surface area contributed by atoms with Gasteiger partial charge in [0.1, 0.15) is 5.54 Å². The molecule has 4 unspecified atom stereocenters. The van der Waals surface area contributed by atoms with E-state index >= 15 is 0 Å². The van der Waals surface area contributed by atoms with Crippen molar-refractivity contribution in [1.29, 1.82) is 0 Å². The molecule has 2 aliphatic heterocycles. The van der Waals surface area contributed by atoms with Crippen LogP contribution in [0.3, 0.4) is 0 Å². The smallest absolute Gasteiger partial charge is 0.416 e. The van der Waals surface area contributed by atoms with E-state index in [4.69, 9.17) is 0 Å². The molecule has 4 atom stereocenters. The van der Waals surface area contributed by atoms with Crippen molar-refractivity contribution in [2.45, 2.75) is 43.9 Å². The first-order valence-electron chi connectivity index (χ1n) is 8.64. The molecule has 1 aromatic rings. The molecule has 27 heavy (non-hydrogen) atoms. The SMILES string of the molecule is CCCCC1(C(=O)O)NC(c2cccc(C(F)(F)F)c2)C2C(=O)NC(=O)C21. The van der Waals surface area contributed by atoms with Crippen LogP contribution >= 0.6 is 0 Å². The molecule has 2 heterocycles. The van der Waals surface area contributed by atoms with Gasteiger partial charge in [-0.2, -0.15) is 13.2 Å². The van der Waals surface area contributed by atoms with E-state index < -0.39 is 52.9 Å². The topological polar surface area (TPSA) is 95.5 Å². The molecule has 2 amide bonds. The fourth-order valence-corrected chi connectivity index (χ4v) is 4.11. The third kappa shape index (κ3) is 3.09. The zero-order valence-corrected chi connectivity index (χ0v) is 14.5. The first kappa shape index (κ1) is 19.3. The quantitative estimate of drug-likeness (QED) is 0.677. The maximum atomic E-state index is 13.1. The van der Waals surface area contributed by atoms with Crippen molar-refractivity contribution in [3.63, 3.8) is 0 Å². The highest BCUT2D eigenvalue weighted by atomic mass is 19.4. The number of carbonyl (C=O) groups is 3. The van der Waals surface area contributed by atoms with Crippen LogP contribution in [0.5, 0.6) is 0 Å². The second-order valence-corrected chi connectivity index (χ2v) is 6.98. The number of imide groups is 1. The number of hydrogen-bond donors (Lipinski definition) is 3. The Kier molecular flexibility index (Phi) is 4.75. The summed E-state index contributed by atoms with van der Waals surface area (Å²) in [5.74, 6) is -4.90. The van der Waals surface area contributed by atoms with Crippen LogP contribution in [0.15, 0.2) is 24.3 Å². The molecule has 3 rings (SSSR count). The summed E-state index contributed by atoms with van der Waals surface area (Å²) in [4.78, 5) is 36.8. The Hall–Kier alpha value is -2.42. The van der Waals surface area contributed by atoms with Crippen molar-refractivity contribution in [1.82, 2.24) is 10.6 Å². The highest BCUT2D eigenvalue weighted by Crippen LogP contribution is 2.48. The number of benzene rings is 1. The van der Waals surface area contributed by atoms with E-state index in [0.29, 0.717) is 12.8 Å². The minimum atomic E-state index is -4.58. The van der Waals surface area contributed by atoms with Crippen LogP contribution < -0.4 is 10.6 Å². The molecule has 0 saturated carbocycles. The van der Waals surface area contributed by atoms with Gasteiger partial charge in [-0.3, -0.25) is 25.0 Å². The number of aliphatic carboxylic acids is 1. The lowest BCUT2D eigenvalue weighted by Gasteiger charge is -2.29. The van der Waals surface area contributed by atoms with Crippen LogP contribution in [0.25, 0.3) is 0 Å². The van der Waals surface area contributed by atoms with Crippen LogP contribution in [0.1, 0.15) is 43.4 Å². The normalized spacial score (nSPS) is 30.3. The van der Waals surface area contributed by atoms with Gasteiger partial charge in [0.05, 0.1) is 17.4 Å². The fourth-order valence-electron chi connectivity index (χ4n) is 4.11. The van der Waals surface area contributed by atoms with Crippen molar-refractivity contribution < 1.29 is 32.7 Å². The van der Waals surface area contributed by atoms with Crippen molar-refractivity contribution >= 4 is 17.8 Å². The summed E-state index contributed by atoms with van der Waals surface area (Å²) < 4.78 is 39.2. The second-order valence-electron chi connectivity index (χ2n) is 6.98. The van der Waals surface area contributed by atoms with Gasteiger partial charge in [0.25, 0.3) is 0 Å². The second kappa shape index (κ2) is 6.63. The number of unbranched alkanes of at least 4 members (excludes halogenated alkanes) is 1. The Bertz CT molecular complexity index is 795. The maximum absolute atomic E-state index is 13.1. The van der Waals surface area contributed by atoms with Crippen LogP contribution in [-0.2, 0) is 20.6 Å². The van der Waals surface area contributed by atoms with Crippen LogP contribution in [0.4, 0.5) is 13.2 Å². The average molecular weight is 384 g/mol. The van der Waals surface area contributed by atoms with E-state index in [9.17, 15) is 32.7 Å². The lowest BCUT2D eigenvalue weighted by molar-refractivity contribution is -0.149. The highest BCUT2D eigenvalue weighted by molar-refractivity contribution is 6.09. The minimum Gasteiger partial charge on any atom is -0.480 e. The van der Waals surface area contributed by atoms with Gasteiger partial charge in [0.15, 0.2) is 0 Å². The van der Waals surface area contributed by atoms with Crippen molar-refractivity contribution in [3.8, 4) is 0 Å². The predicted molar refractivity (Wildman–Crippen MR) is 87.3 cm³/mol. The Balaban J connectivity index is 2.08. The number of fused-ring (bicyclic) bond motifs is 1. The van der Waals surface area contributed by atoms with E-state index in [2.05, 4.69) is 10.6 Å². The summed E-state index contributed by atoms with van der Waals surface area (Å²) in [5.41, 5.74) is -2.47. The molecule has 0 spiro atoms. The molecule has 3 N–H and O–H groups in total. The van der Waals surface area contributed by atoms with E-state index in [1.807, 2.05) is 6.92 Å². The molecule has 0 aromatic heterocycles. The van der Waals surface area contributed by atoms with E-state index in [0.717, 1.165) is 12.1 Å². The highest BCUT2D eigenvalue weighted by Gasteiger charge is 2.66. The fraction of sp³-hybridized carbons (Fsp3) is 0.500. The van der Waals surface area contributed by atoms with E-state index in [1.165, 1.54) is 12.1 Å². The predicted octanol–water partition coefficient (Wildman–Crippen LogP) is 2.25. The Morgan fingerprint density at radius 3 is 2.56 bits per heavy atom. The standard InChI is InChI=1S/C18H19F3N2O4/c1-2-3-7-17(16(26)27)12-11(14(24)22-15(12)25)13(23-17)9-5-4-6-10(8-9)18(19,20)21/h4-6,8,11-13,23H,2-3,7H2,1H3,(H,26,27)(H,22,24,25). The molecular weight excluding hydrogens is 365 g/mol.